The lowest BCUT2D eigenvalue weighted by atomic mass is 10.0. The molecular weight excluding hydrogens is 659 g/mol. The Morgan fingerprint density at radius 1 is 0.922 bits per heavy atom. The molecule has 2 aliphatic rings. The number of halogens is 1. The number of benzene rings is 2. The van der Waals surface area contributed by atoms with Crippen LogP contribution >= 0.6 is 0 Å². The molecule has 2 aromatic rings. The summed E-state index contributed by atoms with van der Waals surface area (Å²) in [6.45, 7) is 3.67. The molecule has 4 amide bonds. The molecule has 1 fully saturated rings. The molecule has 0 bridgehead atoms. The van der Waals surface area contributed by atoms with Crippen molar-refractivity contribution < 1.29 is 42.9 Å². The Kier molecular flexibility index (Phi) is 14.8. The number of hydrogen-bond acceptors (Lipinski definition) is 8. The molecule has 0 aliphatic carbocycles. The summed E-state index contributed by atoms with van der Waals surface area (Å²) in [4.78, 5) is 70.6. The van der Waals surface area contributed by atoms with Crippen LogP contribution in [0.3, 0.4) is 0 Å². The highest BCUT2D eigenvalue weighted by Gasteiger charge is 2.44. The van der Waals surface area contributed by atoms with Crippen LogP contribution in [0.15, 0.2) is 48.5 Å². The summed E-state index contributed by atoms with van der Waals surface area (Å²) < 4.78 is 25.0. The van der Waals surface area contributed by atoms with Gasteiger partial charge in [0.15, 0.2) is 6.61 Å². The van der Waals surface area contributed by atoms with Crippen LogP contribution < -0.4 is 15.4 Å². The summed E-state index contributed by atoms with van der Waals surface area (Å²) in [5.41, 5.74) is 0.759. The topological polar surface area (TPSA) is 155 Å². The van der Waals surface area contributed by atoms with E-state index in [1.807, 2.05) is 44.2 Å². The number of cyclic esters (lactones) is 1. The van der Waals surface area contributed by atoms with Crippen molar-refractivity contribution in [3.63, 3.8) is 0 Å². The number of aliphatic hydroxyl groups excluding tert-OH is 1. The van der Waals surface area contributed by atoms with Crippen molar-refractivity contribution in [3.05, 3.63) is 65.5 Å². The van der Waals surface area contributed by atoms with Gasteiger partial charge in [-0.05, 0) is 42.9 Å². The minimum Gasteiger partial charge on any atom is -0.481 e. The minimum atomic E-state index is -1.12. The van der Waals surface area contributed by atoms with E-state index in [2.05, 4.69) is 10.6 Å². The summed E-state index contributed by atoms with van der Waals surface area (Å²) in [6.07, 6.45) is 4.35. The number of nitrogens with zero attached hydrogens (tertiary/aromatic N) is 2. The van der Waals surface area contributed by atoms with Crippen LogP contribution in [-0.4, -0.2) is 102 Å². The van der Waals surface area contributed by atoms with Gasteiger partial charge in [-0.25, -0.2) is 9.18 Å². The minimum absolute atomic E-state index is 0.0387. The number of ether oxygens (including phenoxy) is 2. The molecule has 12 nitrogen and oxygen atoms in total. The quantitative estimate of drug-likeness (QED) is 0.409. The fourth-order valence-electron chi connectivity index (χ4n) is 6.48. The third-order valence-corrected chi connectivity index (χ3v) is 9.21. The van der Waals surface area contributed by atoms with E-state index in [0.717, 1.165) is 49.8 Å². The lowest BCUT2D eigenvalue weighted by Gasteiger charge is -2.34. The van der Waals surface area contributed by atoms with Crippen LogP contribution in [0.5, 0.6) is 5.75 Å². The van der Waals surface area contributed by atoms with Gasteiger partial charge in [-0.1, -0.05) is 69.9 Å². The molecule has 0 radical (unpaired) electrons. The van der Waals surface area contributed by atoms with Gasteiger partial charge in [0, 0.05) is 39.0 Å². The van der Waals surface area contributed by atoms with Crippen LogP contribution in [0.4, 0.5) is 4.39 Å². The van der Waals surface area contributed by atoms with Gasteiger partial charge in [0.25, 0.3) is 5.91 Å². The summed E-state index contributed by atoms with van der Waals surface area (Å²) in [6, 6.07) is 9.52. The number of amides is 4. The zero-order chi connectivity index (χ0) is 36.9. The highest BCUT2D eigenvalue weighted by molar-refractivity contribution is 6.00. The molecule has 51 heavy (non-hydrogen) atoms. The maximum absolute atomic E-state index is 14.3. The predicted molar refractivity (Wildman–Crippen MR) is 187 cm³/mol. The fraction of sp³-hybridized carbons (Fsp3) is 0.553. The van der Waals surface area contributed by atoms with E-state index in [4.69, 9.17) is 9.47 Å². The van der Waals surface area contributed by atoms with Gasteiger partial charge in [-0.2, -0.15) is 0 Å². The lowest BCUT2D eigenvalue weighted by molar-refractivity contribution is -0.147. The predicted octanol–water partition coefficient (Wildman–Crippen LogP) is 3.39. The lowest BCUT2D eigenvalue weighted by Crippen LogP contribution is -2.57. The Bertz CT molecular complexity index is 1510. The number of nitrogens with one attached hydrogen (secondary N) is 2. The van der Waals surface area contributed by atoms with E-state index in [1.54, 1.807) is 0 Å². The van der Waals surface area contributed by atoms with E-state index in [-0.39, 0.29) is 55.6 Å². The molecular formula is C38H51FN4O8. The molecule has 0 aromatic heterocycles. The highest BCUT2D eigenvalue weighted by atomic mass is 19.1. The molecule has 0 spiro atoms. The number of esters is 1. The van der Waals surface area contributed by atoms with E-state index in [1.165, 1.54) is 22.9 Å². The van der Waals surface area contributed by atoms with Gasteiger partial charge in [0.2, 0.25) is 17.7 Å². The summed E-state index contributed by atoms with van der Waals surface area (Å²) in [5.74, 6) is -3.77. The molecule has 1 saturated heterocycles. The Balaban J connectivity index is 1.63. The number of hydrogen-bond donors (Lipinski definition) is 3. The Morgan fingerprint density at radius 2 is 1.63 bits per heavy atom. The number of carbonyl (C=O) groups excluding carboxylic acids is 5. The van der Waals surface area contributed by atoms with Crippen LogP contribution in [-0.2, 0) is 30.3 Å². The maximum atomic E-state index is 14.3. The van der Waals surface area contributed by atoms with Gasteiger partial charge in [0.05, 0.1) is 18.3 Å². The summed E-state index contributed by atoms with van der Waals surface area (Å²) in [7, 11) is 1.54. The van der Waals surface area contributed by atoms with Crippen LogP contribution in [0, 0.1) is 11.7 Å². The number of rotatable bonds is 4. The fourth-order valence-corrected chi connectivity index (χ4v) is 6.48. The molecule has 2 heterocycles. The largest absolute Gasteiger partial charge is 0.481 e. The standard InChI is InChI=1S/C38H51FN4O8/c1-25(2)19-30-37(48)43-23-28(44)22-32(43)38(49)42(3)31(20-26-13-9-8-10-14-26)36(47)40-17-11-6-4-5-7-12-18-50-34(45)24-51-33-21-27(39)15-16-29(33)35(46)41-30/h8-10,13-16,21,25,28,30-32,44H,4-7,11-12,17-20,22-24H2,1-3H3,(H,40,47)(H,41,46)/t28-,30+,31-,32+/m0/s1. The molecule has 0 saturated carbocycles. The van der Waals surface area contributed by atoms with Crippen molar-refractivity contribution in [2.45, 2.75) is 95.9 Å². The molecule has 278 valence electrons. The van der Waals surface area contributed by atoms with Crippen molar-refractivity contribution >= 4 is 29.6 Å². The molecule has 0 unspecified atom stereocenters. The number of carbonyl (C=O) groups is 5. The van der Waals surface area contributed by atoms with Crippen LogP contribution in [0.1, 0.15) is 81.1 Å². The maximum Gasteiger partial charge on any atom is 0.344 e. The van der Waals surface area contributed by atoms with Crippen molar-refractivity contribution in [2.75, 3.05) is 33.4 Å². The molecule has 4 atom stereocenters. The second-order valence-electron chi connectivity index (χ2n) is 13.8. The van der Waals surface area contributed by atoms with Crippen molar-refractivity contribution in [1.29, 1.82) is 0 Å². The smallest absolute Gasteiger partial charge is 0.344 e. The van der Waals surface area contributed by atoms with E-state index < -0.39 is 60.3 Å². The molecule has 2 aliphatic heterocycles. The Labute approximate surface area is 299 Å². The summed E-state index contributed by atoms with van der Waals surface area (Å²) >= 11 is 0. The van der Waals surface area contributed by atoms with Crippen molar-refractivity contribution in [3.8, 4) is 5.75 Å². The van der Waals surface area contributed by atoms with E-state index >= 15 is 0 Å². The SMILES string of the molecule is CC(C)C[C@H]1NC(=O)c2ccc(F)cc2OCC(=O)OCCCCCCCCNC(=O)[C@H](Cc2ccccc2)N(C)C(=O)[C@H]2C[C@H](O)CN2C1=O. The first-order chi connectivity index (χ1) is 24.4. The molecule has 4 rings (SSSR count). The highest BCUT2D eigenvalue weighted by Crippen LogP contribution is 2.25. The third-order valence-electron chi connectivity index (χ3n) is 9.21. The van der Waals surface area contributed by atoms with Crippen LogP contribution in [0.2, 0.25) is 0 Å². The Morgan fingerprint density at radius 3 is 2.35 bits per heavy atom. The van der Waals surface area contributed by atoms with E-state index in [9.17, 15) is 33.5 Å². The first-order valence-corrected chi connectivity index (χ1v) is 17.9. The second kappa shape index (κ2) is 19.2. The van der Waals surface area contributed by atoms with Gasteiger partial charge >= 0.3 is 5.97 Å². The van der Waals surface area contributed by atoms with Crippen molar-refractivity contribution in [1.82, 2.24) is 20.4 Å². The van der Waals surface area contributed by atoms with Gasteiger partial charge in [-0.3, -0.25) is 19.2 Å². The number of likely N-dealkylation sites (N-methyl/N-ethyl adjacent to an activating group) is 1. The monoisotopic (exact) mass is 710 g/mol. The average Bonchev–Trinajstić information content (AvgIpc) is 3.50. The zero-order valence-electron chi connectivity index (χ0n) is 29.8. The van der Waals surface area contributed by atoms with Gasteiger partial charge < -0.3 is 35.0 Å². The second-order valence-corrected chi connectivity index (χ2v) is 13.8. The van der Waals surface area contributed by atoms with E-state index in [0.29, 0.717) is 13.0 Å². The zero-order valence-corrected chi connectivity index (χ0v) is 29.8. The van der Waals surface area contributed by atoms with Gasteiger partial charge in [-0.15, -0.1) is 0 Å². The van der Waals surface area contributed by atoms with Crippen molar-refractivity contribution in [2.24, 2.45) is 5.92 Å². The Hall–Kier alpha value is -4.52. The number of aliphatic hydroxyl groups is 1. The van der Waals surface area contributed by atoms with Crippen LogP contribution in [0.25, 0.3) is 0 Å². The first-order valence-electron chi connectivity index (χ1n) is 17.9. The number of fused-ring (bicyclic) bond motifs is 2. The first kappa shape index (κ1) is 39.3. The summed E-state index contributed by atoms with van der Waals surface area (Å²) in [5, 5.41) is 16.4. The molecule has 2 aromatic carbocycles. The molecule has 3 N–H and O–H groups in total. The van der Waals surface area contributed by atoms with Gasteiger partial charge in [0.1, 0.15) is 29.7 Å². The normalized spacial score (nSPS) is 24.0. The third kappa shape index (κ3) is 11.5. The average molecular weight is 711 g/mol. The molecule has 13 heteroatoms.